The fourth-order valence-corrected chi connectivity index (χ4v) is 4.03. The zero-order valence-electron chi connectivity index (χ0n) is 19.0. The van der Waals surface area contributed by atoms with Gasteiger partial charge in [-0.3, -0.25) is 9.89 Å². The second kappa shape index (κ2) is 9.90. The van der Waals surface area contributed by atoms with Gasteiger partial charge in [-0.2, -0.15) is 5.10 Å². The van der Waals surface area contributed by atoms with Gasteiger partial charge in [0, 0.05) is 19.0 Å². The van der Waals surface area contributed by atoms with Gasteiger partial charge in [0.25, 0.3) is 0 Å². The van der Waals surface area contributed by atoms with Crippen LogP contribution in [-0.2, 0) is 17.8 Å². The van der Waals surface area contributed by atoms with Crippen molar-refractivity contribution in [1.82, 2.24) is 15.1 Å². The number of benzene rings is 2. The van der Waals surface area contributed by atoms with Gasteiger partial charge < -0.3 is 14.4 Å². The van der Waals surface area contributed by atoms with Gasteiger partial charge >= 0.3 is 0 Å². The fraction of sp³-hybridized carbons (Fsp3) is 0.385. The zero-order valence-corrected chi connectivity index (χ0v) is 19.0. The van der Waals surface area contributed by atoms with Crippen LogP contribution in [0.3, 0.4) is 0 Å². The van der Waals surface area contributed by atoms with Gasteiger partial charge in [-0.15, -0.1) is 0 Å². The molecule has 1 fully saturated rings. The van der Waals surface area contributed by atoms with E-state index in [1.807, 2.05) is 41.3 Å². The van der Waals surface area contributed by atoms with E-state index >= 15 is 0 Å². The Morgan fingerprint density at radius 1 is 1.12 bits per heavy atom. The average molecular weight is 434 g/mol. The quantitative estimate of drug-likeness (QED) is 0.560. The Balaban J connectivity index is 1.28. The minimum atomic E-state index is 0.154. The Morgan fingerprint density at radius 2 is 1.84 bits per heavy atom. The van der Waals surface area contributed by atoms with E-state index in [-0.39, 0.29) is 11.8 Å². The fourth-order valence-electron chi connectivity index (χ4n) is 4.03. The van der Waals surface area contributed by atoms with Crippen molar-refractivity contribution in [1.29, 1.82) is 0 Å². The summed E-state index contributed by atoms with van der Waals surface area (Å²) in [6, 6.07) is 18.0. The first-order valence-corrected chi connectivity index (χ1v) is 11.2. The molecule has 0 aliphatic carbocycles. The van der Waals surface area contributed by atoms with Crippen LogP contribution < -0.4 is 9.47 Å². The lowest BCUT2D eigenvalue weighted by atomic mass is 10.0. The molecule has 1 aliphatic rings. The number of aromatic amines is 1. The third-order valence-corrected chi connectivity index (χ3v) is 6.07. The molecule has 0 spiro atoms. The molecule has 0 radical (unpaired) electrons. The highest BCUT2D eigenvalue weighted by Gasteiger charge is 2.28. The summed E-state index contributed by atoms with van der Waals surface area (Å²) in [4.78, 5) is 14.7. The molecule has 1 aliphatic heterocycles. The molecule has 6 nitrogen and oxygen atoms in total. The van der Waals surface area contributed by atoms with Crippen molar-refractivity contribution in [3.05, 3.63) is 77.1 Å². The van der Waals surface area contributed by atoms with Crippen molar-refractivity contribution in [2.75, 3.05) is 20.2 Å². The molecule has 0 saturated carbocycles. The third kappa shape index (κ3) is 5.31. The molecule has 1 atom stereocenters. The Hall–Kier alpha value is -3.28. The summed E-state index contributed by atoms with van der Waals surface area (Å²) in [6.07, 6.45) is 1.34. The lowest BCUT2D eigenvalue weighted by molar-refractivity contribution is -0.129. The number of nitrogens with one attached hydrogen (secondary N) is 1. The van der Waals surface area contributed by atoms with E-state index in [0.717, 1.165) is 41.4 Å². The largest absolute Gasteiger partial charge is 0.497 e. The number of hydrogen-bond acceptors (Lipinski definition) is 4. The van der Waals surface area contributed by atoms with E-state index in [4.69, 9.17) is 9.47 Å². The SMILES string of the molecule is COc1ccc(CC(=O)N2CC[C@H](c3cc(COc4ccc(C(C)C)cc4)[nH]n3)C2)cc1. The van der Waals surface area contributed by atoms with E-state index in [1.165, 1.54) is 5.56 Å². The number of aromatic nitrogens is 2. The number of hydrogen-bond donors (Lipinski definition) is 1. The first kappa shape index (κ1) is 21.9. The highest BCUT2D eigenvalue weighted by atomic mass is 16.5. The van der Waals surface area contributed by atoms with Gasteiger partial charge in [-0.25, -0.2) is 0 Å². The zero-order chi connectivity index (χ0) is 22.5. The Morgan fingerprint density at radius 3 is 2.53 bits per heavy atom. The predicted octanol–water partition coefficient (Wildman–Crippen LogP) is 4.68. The minimum absolute atomic E-state index is 0.154. The molecule has 1 saturated heterocycles. The predicted molar refractivity (Wildman–Crippen MR) is 124 cm³/mol. The summed E-state index contributed by atoms with van der Waals surface area (Å²) >= 11 is 0. The van der Waals surface area contributed by atoms with Crippen LogP contribution in [0.4, 0.5) is 0 Å². The molecule has 32 heavy (non-hydrogen) atoms. The monoisotopic (exact) mass is 433 g/mol. The van der Waals surface area contributed by atoms with E-state index in [9.17, 15) is 4.79 Å². The molecule has 3 aromatic rings. The minimum Gasteiger partial charge on any atom is -0.497 e. The number of H-pyrrole nitrogens is 1. The maximum Gasteiger partial charge on any atom is 0.227 e. The highest BCUT2D eigenvalue weighted by Crippen LogP contribution is 2.27. The molecular formula is C26H31N3O3. The first-order valence-electron chi connectivity index (χ1n) is 11.2. The number of rotatable bonds is 8. The number of methoxy groups -OCH3 is 1. The van der Waals surface area contributed by atoms with Gasteiger partial charge in [0.1, 0.15) is 18.1 Å². The molecule has 4 rings (SSSR count). The number of ether oxygens (including phenoxy) is 2. The second-order valence-corrected chi connectivity index (χ2v) is 8.68. The van der Waals surface area contributed by atoms with Crippen molar-refractivity contribution in [3.63, 3.8) is 0 Å². The topological polar surface area (TPSA) is 67.4 Å². The number of carbonyl (C=O) groups excluding carboxylic acids is 1. The molecular weight excluding hydrogens is 402 g/mol. The molecule has 6 heteroatoms. The van der Waals surface area contributed by atoms with Crippen molar-refractivity contribution in [2.24, 2.45) is 0 Å². The maximum absolute atomic E-state index is 12.7. The normalized spacial score (nSPS) is 15.9. The van der Waals surface area contributed by atoms with Crippen molar-refractivity contribution in [2.45, 2.75) is 45.1 Å². The van der Waals surface area contributed by atoms with Gasteiger partial charge in [0.05, 0.1) is 24.9 Å². The van der Waals surface area contributed by atoms with Gasteiger partial charge in [0.15, 0.2) is 0 Å². The third-order valence-electron chi connectivity index (χ3n) is 6.07. The molecule has 1 amide bonds. The van der Waals surface area contributed by atoms with Gasteiger partial charge in [-0.05, 0) is 53.8 Å². The van der Waals surface area contributed by atoms with Crippen LogP contribution in [0, 0.1) is 0 Å². The van der Waals surface area contributed by atoms with E-state index in [1.54, 1.807) is 7.11 Å². The van der Waals surface area contributed by atoms with Crippen LogP contribution in [0.25, 0.3) is 0 Å². The molecule has 168 valence electrons. The van der Waals surface area contributed by atoms with Crippen molar-refractivity contribution in [3.8, 4) is 11.5 Å². The Labute approximate surface area is 189 Å². The Kier molecular flexibility index (Phi) is 6.78. The summed E-state index contributed by atoms with van der Waals surface area (Å²) in [5.41, 5.74) is 4.24. The van der Waals surface area contributed by atoms with Crippen molar-refractivity contribution < 1.29 is 14.3 Å². The van der Waals surface area contributed by atoms with Crippen LogP contribution in [-0.4, -0.2) is 41.2 Å². The van der Waals surface area contributed by atoms with E-state index in [0.29, 0.717) is 25.5 Å². The van der Waals surface area contributed by atoms with Crippen LogP contribution in [0.1, 0.15) is 54.6 Å². The first-order chi connectivity index (χ1) is 15.5. The van der Waals surface area contributed by atoms with Gasteiger partial charge in [0.2, 0.25) is 5.91 Å². The number of likely N-dealkylation sites (tertiary alicyclic amines) is 1. The summed E-state index contributed by atoms with van der Waals surface area (Å²) in [6.45, 7) is 6.27. The summed E-state index contributed by atoms with van der Waals surface area (Å²) in [5, 5.41) is 7.57. The number of nitrogens with zero attached hydrogens (tertiary/aromatic N) is 2. The molecule has 2 aromatic carbocycles. The van der Waals surface area contributed by atoms with Crippen LogP contribution in [0.5, 0.6) is 11.5 Å². The lowest BCUT2D eigenvalue weighted by Crippen LogP contribution is -2.29. The molecule has 2 heterocycles. The highest BCUT2D eigenvalue weighted by molar-refractivity contribution is 5.79. The maximum atomic E-state index is 12.7. The van der Waals surface area contributed by atoms with Crippen molar-refractivity contribution >= 4 is 5.91 Å². The molecule has 0 unspecified atom stereocenters. The second-order valence-electron chi connectivity index (χ2n) is 8.68. The summed E-state index contributed by atoms with van der Waals surface area (Å²) < 4.78 is 11.1. The smallest absolute Gasteiger partial charge is 0.227 e. The van der Waals surface area contributed by atoms with Crippen LogP contribution in [0.15, 0.2) is 54.6 Å². The number of carbonyl (C=O) groups is 1. The standard InChI is InChI=1S/C26H31N3O3/c1-18(2)20-6-10-24(11-7-20)32-17-22-15-25(28-27-22)21-12-13-29(16-21)26(30)14-19-4-8-23(31-3)9-5-19/h4-11,15,18,21H,12-14,16-17H2,1-3H3,(H,27,28)/t21-/m0/s1. The van der Waals surface area contributed by atoms with Crippen LogP contribution >= 0.6 is 0 Å². The van der Waals surface area contributed by atoms with Crippen LogP contribution in [0.2, 0.25) is 0 Å². The summed E-state index contributed by atoms with van der Waals surface area (Å²) in [5.74, 6) is 2.56. The molecule has 0 bridgehead atoms. The number of amides is 1. The van der Waals surface area contributed by atoms with Gasteiger partial charge in [-0.1, -0.05) is 38.1 Å². The summed E-state index contributed by atoms with van der Waals surface area (Å²) in [7, 11) is 1.64. The lowest BCUT2D eigenvalue weighted by Gasteiger charge is -2.16. The Bertz CT molecular complexity index is 1030. The van der Waals surface area contributed by atoms with E-state index in [2.05, 4.69) is 42.2 Å². The molecule has 1 aromatic heterocycles. The molecule has 1 N–H and O–H groups in total. The average Bonchev–Trinajstić information content (AvgIpc) is 3.48. The van der Waals surface area contributed by atoms with E-state index < -0.39 is 0 Å².